The van der Waals surface area contributed by atoms with Crippen molar-refractivity contribution in [1.29, 1.82) is 0 Å². The fourth-order valence-corrected chi connectivity index (χ4v) is 2.34. The molecule has 27 heavy (non-hydrogen) atoms. The van der Waals surface area contributed by atoms with E-state index in [1.54, 1.807) is 57.6 Å². The average molecular weight is 456 g/mol. The van der Waals surface area contributed by atoms with Crippen molar-refractivity contribution >= 4 is 27.5 Å². The summed E-state index contributed by atoms with van der Waals surface area (Å²) in [5, 5.41) is 1.67. The molecule has 0 aliphatic rings. The number of carbonyl (C=O) groups excluding carboxylic acids is 1. The van der Waals surface area contributed by atoms with E-state index >= 15 is 0 Å². The van der Waals surface area contributed by atoms with E-state index < -0.39 is 22.6 Å². The van der Waals surface area contributed by atoms with Gasteiger partial charge in [0, 0.05) is 0 Å². The Bertz CT molecular complexity index is 806. The molecule has 1 N–H and O–H groups in total. The monoisotopic (exact) mass is 455 g/mol. The molecule has 2 aromatic carbocycles. The van der Waals surface area contributed by atoms with Crippen LogP contribution in [0.2, 0.25) is 0 Å². The van der Waals surface area contributed by atoms with Crippen molar-refractivity contribution in [2.45, 2.75) is 16.7 Å². The molecule has 0 saturated heterocycles. The molecule has 0 radical (unpaired) electrons. The Balaban J connectivity index is 2.47. The molecule has 0 aliphatic carbocycles. The van der Waals surface area contributed by atoms with Crippen LogP contribution in [0.15, 0.2) is 48.5 Å². The molecule has 1 amide bonds. The van der Waals surface area contributed by atoms with E-state index in [1.807, 2.05) is 0 Å². The number of benzene rings is 2. The van der Waals surface area contributed by atoms with Gasteiger partial charge in [-0.25, -0.2) is 0 Å². The summed E-state index contributed by atoms with van der Waals surface area (Å²) < 4.78 is 78.3. The largest absolute Gasteiger partial charge is 0.495 e. The van der Waals surface area contributed by atoms with Crippen LogP contribution >= 0.6 is 15.9 Å². The van der Waals surface area contributed by atoms with Crippen molar-refractivity contribution in [1.82, 2.24) is 0 Å². The van der Waals surface area contributed by atoms with Gasteiger partial charge in [0.25, 0.3) is 10.2 Å². The molecule has 2 aromatic rings. The van der Waals surface area contributed by atoms with Gasteiger partial charge in [0.2, 0.25) is 0 Å². The molecule has 0 saturated carbocycles. The highest BCUT2D eigenvalue weighted by Crippen LogP contribution is 2.50. The predicted octanol–water partition coefficient (Wildman–Crippen LogP) is 5.56. The van der Waals surface area contributed by atoms with Crippen LogP contribution in [0.25, 0.3) is 11.1 Å². The summed E-state index contributed by atoms with van der Waals surface area (Å²) in [7, 11) is 1.17. The minimum Gasteiger partial charge on any atom is -0.495 e. The van der Waals surface area contributed by atoms with Gasteiger partial charge in [-0.1, -0.05) is 52.3 Å². The number of methoxy groups -OCH3 is 1. The molecule has 0 bridgehead atoms. The lowest BCUT2D eigenvalue weighted by atomic mass is 10.0. The first kappa shape index (κ1) is 21.1. The van der Waals surface area contributed by atoms with E-state index in [0.29, 0.717) is 11.1 Å². The maximum Gasteiger partial charge on any atom is 0.421 e. The zero-order valence-corrected chi connectivity index (χ0v) is 15.2. The number of hydrogen-bond donors (Lipinski definition) is 1. The van der Waals surface area contributed by atoms with Gasteiger partial charge >= 0.3 is 12.4 Å². The van der Waals surface area contributed by atoms with Crippen LogP contribution in [0.1, 0.15) is 0 Å². The Morgan fingerprint density at radius 1 is 0.926 bits per heavy atom. The summed E-state index contributed by atoms with van der Waals surface area (Å²) in [5.41, 5.74) is 0.777. The zero-order valence-electron chi connectivity index (χ0n) is 13.6. The Labute approximate surface area is 158 Å². The molecule has 2 rings (SSSR count). The van der Waals surface area contributed by atoms with Gasteiger partial charge in [-0.3, -0.25) is 4.79 Å². The van der Waals surface area contributed by atoms with Crippen LogP contribution < -0.4 is 10.1 Å². The standard InChI is InChI=1S/C17H12BrF6NO2/c1-27-13-8-7-11(10-5-3-2-4-6-10)9-12(13)25-14(26)15(18,16(19,20)21)17(22,23)24/h2-9H,1H3,(H,25,26). The Hall–Kier alpha value is -2.23. The van der Waals surface area contributed by atoms with Gasteiger partial charge < -0.3 is 10.1 Å². The number of halogens is 7. The lowest BCUT2D eigenvalue weighted by Gasteiger charge is -2.30. The maximum absolute atomic E-state index is 13.0. The predicted molar refractivity (Wildman–Crippen MR) is 90.8 cm³/mol. The molecule has 0 aliphatic heterocycles. The lowest BCUT2D eigenvalue weighted by Crippen LogP contribution is -2.59. The summed E-state index contributed by atoms with van der Waals surface area (Å²) in [6.45, 7) is 0. The van der Waals surface area contributed by atoms with Gasteiger partial charge in [-0.05, 0) is 23.3 Å². The highest BCUT2D eigenvalue weighted by molar-refractivity contribution is 9.10. The Morgan fingerprint density at radius 2 is 1.48 bits per heavy atom. The van der Waals surface area contributed by atoms with E-state index in [4.69, 9.17) is 4.74 Å². The molecular formula is C17H12BrF6NO2. The molecular weight excluding hydrogens is 444 g/mol. The number of anilines is 1. The van der Waals surface area contributed by atoms with Crippen LogP contribution in [-0.4, -0.2) is 29.7 Å². The third kappa shape index (κ3) is 4.05. The van der Waals surface area contributed by atoms with Gasteiger partial charge in [0.15, 0.2) is 0 Å². The number of ether oxygens (including phenoxy) is 1. The van der Waals surface area contributed by atoms with E-state index in [9.17, 15) is 31.1 Å². The highest BCUT2D eigenvalue weighted by atomic mass is 79.9. The summed E-state index contributed by atoms with van der Waals surface area (Å²) in [4.78, 5) is 12.0. The minimum absolute atomic E-state index is 0.0952. The summed E-state index contributed by atoms with van der Waals surface area (Å²) in [6, 6.07) is 12.6. The van der Waals surface area contributed by atoms with E-state index in [1.165, 1.54) is 19.2 Å². The van der Waals surface area contributed by atoms with Crippen LogP contribution in [0, 0.1) is 0 Å². The second kappa shape index (κ2) is 7.41. The molecule has 0 fully saturated rings. The Kier molecular flexibility index (Phi) is 5.79. The normalized spacial score (nSPS) is 12.6. The number of hydrogen-bond acceptors (Lipinski definition) is 2. The van der Waals surface area contributed by atoms with Gasteiger partial charge in [-0.2, -0.15) is 26.3 Å². The van der Waals surface area contributed by atoms with Crippen molar-refractivity contribution in [3.63, 3.8) is 0 Å². The van der Waals surface area contributed by atoms with E-state index in [0.717, 1.165) is 0 Å². The van der Waals surface area contributed by atoms with Crippen LogP contribution in [-0.2, 0) is 4.79 Å². The highest BCUT2D eigenvalue weighted by Gasteiger charge is 2.74. The molecule has 0 spiro atoms. The molecule has 0 atom stereocenters. The molecule has 0 heterocycles. The first-order valence-corrected chi connectivity index (χ1v) is 8.08. The smallest absolute Gasteiger partial charge is 0.421 e. The number of amides is 1. The van der Waals surface area contributed by atoms with E-state index in [2.05, 4.69) is 0 Å². The van der Waals surface area contributed by atoms with Crippen molar-refractivity contribution in [3.8, 4) is 16.9 Å². The Morgan fingerprint density at radius 3 is 1.96 bits per heavy atom. The third-order valence-electron chi connectivity index (χ3n) is 3.65. The number of carbonyl (C=O) groups is 1. The first-order valence-electron chi connectivity index (χ1n) is 7.29. The molecule has 0 unspecified atom stereocenters. The fourth-order valence-electron chi connectivity index (χ4n) is 2.24. The molecule has 146 valence electrons. The summed E-state index contributed by atoms with van der Waals surface area (Å²) >= 11 is 1.56. The maximum atomic E-state index is 13.0. The quantitative estimate of drug-likeness (QED) is 0.484. The van der Waals surface area contributed by atoms with Gasteiger partial charge in [0.05, 0.1) is 12.8 Å². The fraction of sp³-hybridized carbons (Fsp3) is 0.235. The second-order valence-electron chi connectivity index (χ2n) is 5.39. The topological polar surface area (TPSA) is 38.3 Å². The number of alkyl halides is 7. The van der Waals surface area contributed by atoms with Crippen molar-refractivity contribution in [2.24, 2.45) is 0 Å². The summed E-state index contributed by atoms with van der Waals surface area (Å²) in [5.74, 6) is -2.42. The number of rotatable bonds is 4. The van der Waals surface area contributed by atoms with E-state index in [-0.39, 0.29) is 11.4 Å². The first-order chi connectivity index (χ1) is 12.4. The second-order valence-corrected chi connectivity index (χ2v) is 6.58. The molecule has 3 nitrogen and oxygen atoms in total. The van der Waals surface area contributed by atoms with Crippen molar-refractivity contribution in [2.75, 3.05) is 12.4 Å². The molecule has 0 aromatic heterocycles. The number of nitrogens with one attached hydrogen (secondary N) is 1. The average Bonchev–Trinajstić information content (AvgIpc) is 2.59. The SMILES string of the molecule is COc1ccc(-c2ccccc2)cc1NC(=O)C(Br)(C(F)(F)F)C(F)(F)F. The molecule has 10 heteroatoms. The van der Waals surface area contributed by atoms with Crippen molar-refractivity contribution in [3.05, 3.63) is 48.5 Å². The van der Waals surface area contributed by atoms with Crippen molar-refractivity contribution < 1.29 is 35.9 Å². The van der Waals surface area contributed by atoms with Crippen LogP contribution in [0.3, 0.4) is 0 Å². The van der Waals surface area contributed by atoms with Gasteiger partial charge in [0.1, 0.15) is 5.75 Å². The lowest BCUT2D eigenvalue weighted by molar-refractivity contribution is -0.253. The third-order valence-corrected chi connectivity index (χ3v) is 4.91. The van der Waals surface area contributed by atoms with Gasteiger partial charge in [-0.15, -0.1) is 0 Å². The summed E-state index contributed by atoms with van der Waals surface area (Å²) in [6.07, 6.45) is -11.8. The van der Waals surface area contributed by atoms with Crippen LogP contribution in [0.5, 0.6) is 5.75 Å². The minimum atomic E-state index is -5.92. The van der Waals surface area contributed by atoms with Crippen LogP contribution in [0.4, 0.5) is 32.0 Å². The zero-order chi connectivity index (χ0) is 20.5.